The number of amides is 1. The first-order chi connectivity index (χ1) is 11.1. The molecular weight excluding hydrogens is 363 g/mol. The van der Waals surface area contributed by atoms with Crippen molar-refractivity contribution in [2.45, 2.75) is 6.54 Å². The summed E-state index contributed by atoms with van der Waals surface area (Å²) in [6, 6.07) is 15.0. The standard InChI is InChI=1S/C17H12BrFN2O2/c18-13-5-3-12(4-6-13)16-9-15(21-23-16)17(22)20-10-11-1-7-14(19)8-2-11/h1-9H,10H2,(H,20,22). The van der Waals surface area contributed by atoms with Gasteiger partial charge in [0, 0.05) is 22.6 Å². The molecule has 0 fully saturated rings. The lowest BCUT2D eigenvalue weighted by atomic mass is 10.1. The van der Waals surface area contributed by atoms with Gasteiger partial charge in [-0.3, -0.25) is 4.79 Å². The van der Waals surface area contributed by atoms with E-state index in [1.54, 1.807) is 18.2 Å². The van der Waals surface area contributed by atoms with Gasteiger partial charge in [-0.2, -0.15) is 0 Å². The Morgan fingerprint density at radius 3 is 2.52 bits per heavy atom. The largest absolute Gasteiger partial charge is 0.355 e. The number of hydrogen-bond donors (Lipinski definition) is 1. The van der Waals surface area contributed by atoms with Crippen LogP contribution in [0.15, 0.2) is 63.6 Å². The fraction of sp³-hybridized carbons (Fsp3) is 0.0588. The van der Waals surface area contributed by atoms with Crippen LogP contribution in [0.2, 0.25) is 0 Å². The summed E-state index contributed by atoms with van der Waals surface area (Å²) in [5.74, 6) is -0.137. The molecule has 3 aromatic rings. The molecule has 0 aliphatic heterocycles. The summed E-state index contributed by atoms with van der Waals surface area (Å²) in [7, 11) is 0. The third kappa shape index (κ3) is 3.84. The van der Waals surface area contributed by atoms with Gasteiger partial charge in [-0.25, -0.2) is 4.39 Å². The lowest BCUT2D eigenvalue weighted by Gasteiger charge is -2.02. The molecule has 0 atom stereocenters. The van der Waals surface area contributed by atoms with Crippen LogP contribution < -0.4 is 5.32 Å². The molecule has 2 aromatic carbocycles. The first kappa shape index (κ1) is 15.4. The van der Waals surface area contributed by atoms with E-state index in [0.717, 1.165) is 15.6 Å². The van der Waals surface area contributed by atoms with E-state index in [1.165, 1.54) is 12.1 Å². The van der Waals surface area contributed by atoms with Gasteiger partial charge < -0.3 is 9.84 Å². The third-order valence-electron chi connectivity index (χ3n) is 3.24. The van der Waals surface area contributed by atoms with Crippen molar-refractivity contribution in [3.05, 3.63) is 76.1 Å². The van der Waals surface area contributed by atoms with E-state index < -0.39 is 0 Å². The molecule has 116 valence electrons. The zero-order valence-corrected chi connectivity index (χ0v) is 13.5. The summed E-state index contributed by atoms with van der Waals surface area (Å²) >= 11 is 3.36. The van der Waals surface area contributed by atoms with E-state index in [4.69, 9.17) is 4.52 Å². The number of carbonyl (C=O) groups is 1. The molecule has 1 heterocycles. The van der Waals surface area contributed by atoms with Crippen molar-refractivity contribution in [2.75, 3.05) is 0 Å². The lowest BCUT2D eigenvalue weighted by molar-refractivity contribution is 0.0942. The molecule has 1 N–H and O–H groups in total. The van der Waals surface area contributed by atoms with Gasteiger partial charge in [-0.15, -0.1) is 0 Å². The number of halogens is 2. The number of hydrogen-bond acceptors (Lipinski definition) is 3. The third-order valence-corrected chi connectivity index (χ3v) is 3.77. The summed E-state index contributed by atoms with van der Waals surface area (Å²) in [5.41, 5.74) is 1.83. The molecule has 0 spiro atoms. The van der Waals surface area contributed by atoms with Gasteiger partial charge >= 0.3 is 0 Å². The predicted molar refractivity (Wildman–Crippen MR) is 87.2 cm³/mol. The van der Waals surface area contributed by atoms with Crippen LogP contribution in [-0.2, 0) is 6.54 Å². The second-order valence-electron chi connectivity index (χ2n) is 4.89. The van der Waals surface area contributed by atoms with Gasteiger partial charge in [0.05, 0.1) is 0 Å². The van der Waals surface area contributed by atoms with Crippen molar-refractivity contribution in [3.8, 4) is 11.3 Å². The zero-order chi connectivity index (χ0) is 16.2. The van der Waals surface area contributed by atoms with Gasteiger partial charge in [0.25, 0.3) is 5.91 Å². The van der Waals surface area contributed by atoms with Crippen molar-refractivity contribution in [1.29, 1.82) is 0 Å². The van der Waals surface area contributed by atoms with Crippen molar-refractivity contribution in [1.82, 2.24) is 10.5 Å². The van der Waals surface area contributed by atoms with Gasteiger partial charge in [-0.1, -0.05) is 45.4 Å². The number of benzene rings is 2. The summed E-state index contributed by atoms with van der Waals surface area (Å²) in [6.45, 7) is 0.291. The molecule has 0 radical (unpaired) electrons. The quantitative estimate of drug-likeness (QED) is 0.745. The van der Waals surface area contributed by atoms with E-state index in [-0.39, 0.29) is 17.4 Å². The Labute approximate surface area is 140 Å². The van der Waals surface area contributed by atoms with Gasteiger partial charge in [0.2, 0.25) is 0 Å². The van der Waals surface area contributed by atoms with E-state index in [9.17, 15) is 9.18 Å². The maximum absolute atomic E-state index is 12.8. The normalized spacial score (nSPS) is 10.5. The smallest absolute Gasteiger partial charge is 0.273 e. The summed E-state index contributed by atoms with van der Waals surface area (Å²) in [4.78, 5) is 12.1. The topological polar surface area (TPSA) is 55.1 Å². The van der Waals surface area contributed by atoms with E-state index in [2.05, 4.69) is 26.4 Å². The Balaban J connectivity index is 1.66. The Bertz CT molecular complexity index is 813. The molecule has 4 nitrogen and oxygen atoms in total. The van der Waals surface area contributed by atoms with Crippen LogP contribution in [0.1, 0.15) is 16.1 Å². The fourth-order valence-corrected chi connectivity index (χ4v) is 2.27. The molecule has 0 unspecified atom stereocenters. The van der Waals surface area contributed by atoms with Crippen LogP contribution in [-0.4, -0.2) is 11.1 Å². The van der Waals surface area contributed by atoms with Crippen LogP contribution >= 0.6 is 15.9 Å². The number of rotatable bonds is 4. The second-order valence-corrected chi connectivity index (χ2v) is 5.81. The number of nitrogens with one attached hydrogen (secondary N) is 1. The van der Waals surface area contributed by atoms with Crippen molar-refractivity contribution < 1.29 is 13.7 Å². The summed E-state index contributed by atoms with van der Waals surface area (Å²) in [5, 5.41) is 6.50. The van der Waals surface area contributed by atoms with Crippen LogP contribution in [0.5, 0.6) is 0 Å². The number of carbonyl (C=O) groups excluding carboxylic acids is 1. The van der Waals surface area contributed by atoms with E-state index >= 15 is 0 Å². The van der Waals surface area contributed by atoms with Gasteiger partial charge in [-0.05, 0) is 29.8 Å². The molecule has 0 aliphatic rings. The molecule has 0 aliphatic carbocycles. The lowest BCUT2D eigenvalue weighted by Crippen LogP contribution is -2.23. The molecule has 0 saturated heterocycles. The summed E-state index contributed by atoms with van der Waals surface area (Å²) < 4.78 is 19.0. The average molecular weight is 375 g/mol. The zero-order valence-electron chi connectivity index (χ0n) is 11.9. The maximum Gasteiger partial charge on any atom is 0.273 e. The predicted octanol–water partition coefficient (Wildman–Crippen LogP) is 4.17. The SMILES string of the molecule is O=C(NCc1ccc(F)cc1)c1cc(-c2ccc(Br)cc2)on1. The highest BCUT2D eigenvalue weighted by atomic mass is 79.9. The first-order valence-electron chi connectivity index (χ1n) is 6.87. The molecule has 1 aromatic heterocycles. The Morgan fingerprint density at radius 2 is 1.83 bits per heavy atom. The minimum absolute atomic E-state index is 0.199. The Kier molecular flexibility index (Phi) is 4.52. The monoisotopic (exact) mass is 374 g/mol. The molecule has 0 bridgehead atoms. The molecule has 3 rings (SSSR count). The van der Waals surface area contributed by atoms with E-state index in [0.29, 0.717) is 12.3 Å². The Hall–Kier alpha value is -2.47. The van der Waals surface area contributed by atoms with Crippen molar-refractivity contribution >= 4 is 21.8 Å². The van der Waals surface area contributed by atoms with Crippen molar-refractivity contribution in [2.24, 2.45) is 0 Å². The minimum atomic E-state index is -0.346. The molecule has 6 heteroatoms. The highest BCUT2D eigenvalue weighted by molar-refractivity contribution is 9.10. The number of aromatic nitrogens is 1. The second kappa shape index (κ2) is 6.75. The van der Waals surface area contributed by atoms with Crippen molar-refractivity contribution in [3.63, 3.8) is 0 Å². The fourth-order valence-electron chi connectivity index (χ4n) is 2.01. The molecule has 1 amide bonds. The van der Waals surface area contributed by atoms with Gasteiger partial charge in [0.1, 0.15) is 5.82 Å². The maximum atomic E-state index is 12.8. The van der Waals surface area contributed by atoms with Gasteiger partial charge in [0.15, 0.2) is 11.5 Å². The van der Waals surface area contributed by atoms with Crippen LogP contribution in [0, 0.1) is 5.82 Å². The number of nitrogens with zero attached hydrogens (tertiary/aromatic N) is 1. The van der Waals surface area contributed by atoms with Crippen LogP contribution in [0.25, 0.3) is 11.3 Å². The Morgan fingerprint density at radius 1 is 1.13 bits per heavy atom. The average Bonchev–Trinajstić information content (AvgIpc) is 3.05. The summed E-state index contributed by atoms with van der Waals surface area (Å²) in [6.07, 6.45) is 0. The first-order valence-corrected chi connectivity index (χ1v) is 7.66. The van der Waals surface area contributed by atoms with Crippen LogP contribution in [0.3, 0.4) is 0 Å². The van der Waals surface area contributed by atoms with E-state index in [1.807, 2.05) is 24.3 Å². The van der Waals surface area contributed by atoms with Crippen LogP contribution in [0.4, 0.5) is 4.39 Å². The molecule has 23 heavy (non-hydrogen) atoms. The molecule has 0 saturated carbocycles. The molecular formula is C17H12BrFN2O2. The highest BCUT2D eigenvalue weighted by Crippen LogP contribution is 2.22. The highest BCUT2D eigenvalue weighted by Gasteiger charge is 2.13. The minimum Gasteiger partial charge on any atom is -0.355 e.